The number of aromatic amines is 1. The molecule has 0 spiro atoms. The van der Waals surface area contributed by atoms with Crippen molar-refractivity contribution in [3.63, 3.8) is 0 Å². The molecule has 3 rings (SSSR count). The molecule has 1 radical (unpaired) electrons. The van der Waals surface area contributed by atoms with Crippen molar-refractivity contribution in [3.8, 4) is 0 Å². The van der Waals surface area contributed by atoms with Gasteiger partial charge in [0, 0.05) is 34.5 Å². The molecule has 1 aromatic heterocycles. The summed E-state index contributed by atoms with van der Waals surface area (Å²) in [4.78, 5) is 4.84. The Hall–Kier alpha value is -1.71. The number of thioether (sulfide) groups is 1. The van der Waals surface area contributed by atoms with E-state index in [-0.39, 0.29) is 0 Å². The summed E-state index contributed by atoms with van der Waals surface area (Å²) in [7, 11) is 1.73. The van der Waals surface area contributed by atoms with Gasteiger partial charge >= 0.3 is 0 Å². The number of nitrogens with one attached hydrogen (secondary N) is 1. The molecule has 3 aromatic rings. The fraction of sp³-hybridized carbons (Fsp3) is 0.250. The second-order valence-corrected chi connectivity index (χ2v) is 6.53. The Bertz CT molecular complexity index is 751. The maximum atomic E-state index is 5.19. The SMILES string of the molecule is CC[C](Cc1cc2c(SCOC)cccc2[nH]1)c1ccccc1. The number of ether oxygens (including phenoxy) is 1. The molecule has 0 atom stereocenters. The lowest BCUT2D eigenvalue weighted by Crippen LogP contribution is -2.02. The summed E-state index contributed by atoms with van der Waals surface area (Å²) in [5.74, 6) is 2.14. The summed E-state index contributed by atoms with van der Waals surface area (Å²) < 4.78 is 5.19. The number of aromatic nitrogens is 1. The van der Waals surface area contributed by atoms with Crippen molar-refractivity contribution < 1.29 is 4.74 Å². The summed E-state index contributed by atoms with van der Waals surface area (Å²) in [6.45, 7) is 2.23. The third-order valence-electron chi connectivity index (χ3n) is 4.02. The number of methoxy groups -OCH3 is 1. The average molecular weight is 324 g/mol. The first-order valence-corrected chi connectivity index (χ1v) is 8.93. The van der Waals surface area contributed by atoms with Crippen LogP contribution in [0.25, 0.3) is 10.9 Å². The number of hydrogen-bond donors (Lipinski definition) is 1. The van der Waals surface area contributed by atoms with Gasteiger partial charge < -0.3 is 9.72 Å². The Balaban J connectivity index is 1.85. The predicted octanol–water partition coefficient (Wildman–Crippen LogP) is 5.44. The summed E-state index contributed by atoms with van der Waals surface area (Å²) in [6, 6.07) is 19.4. The van der Waals surface area contributed by atoms with Crippen molar-refractivity contribution >= 4 is 22.7 Å². The molecule has 0 saturated heterocycles. The van der Waals surface area contributed by atoms with Crippen LogP contribution in [0.2, 0.25) is 0 Å². The Morgan fingerprint density at radius 2 is 1.91 bits per heavy atom. The van der Waals surface area contributed by atoms with E-state index in [2.05, 4.69) is 66.5 Å². The third kappa shape index (κ3) is 3.80. The molecule has 3 heteroatoms. The fourth-order valence-electron chi connectivity index (χ4n) is 2.86. The van der Waals surface area contributed by atoms with E-state index >= 15 is 0 Å². The quantitative estimate of drug-likeness (QED) is 0.462. The van der Waals surface area contributed by atoms with E-state index in [4.69, 9.17) is 4.74 Å². The average Bonchev–Trinajstić information content (AvgIpc) is 3.01. The van der Waals surface area contributed by atoms with Gasteiger partial charge in [-0.3, -0.25) is 0 Å². The summed E-state index contributed by atoms with van der Waals surface area (Å²) in [5.41, 5.74) is 3.80. The molecule has 1 N–H and O–H groups in total. The fourth-order valence-corrected chi connectivity index (χ4v) is 3.61. The number of rotatable bonds is 7. The van der Waals surface area contributed by atoms with Gasteiger partial charge in [0.2, 0.25) is 0 Å². The first-order chi connectivity index (χ1) is 11.3. The van der Waals surface area contributed by atoms with E-state index in [9.17, 15) is 0 Å². The van der Waals surface area contributed by atoms with Gasteiger partial charge in [-0.15, -0.1) is 0 Å². The van der Waals surface area contributed by atoms with Gasteiger partial charge in [-0.1, -0.05) is 55.1 Å². The van der Waals surface area contributed by atoms with Crippen molar-refractivity contribution in [2.45, 2.75) is 24.7 Å². The first kappa shape index (κ1) is 16.2. The van der Waals surface area contributed by atoms with Crippen molar-refractivity contribution in [2.75, 3.05) is 13.0 Å². The van der Waals surface area contributed by atoms with Crippen molar-refractivity contribution in [1.29, 1.82) is 0 Å². The number of fused-ring (bicyclic) bond motifs is 1. The Labute approximate surface area is 142 Å². The standard InChI is InChI=1S/C20H22NOS/c1-3-15(16-8-5-4-6-9-16)12-17-13-18-19(21-17)10-7-11-20(18)23-14-22-2/h4-11,13,21H,3,12,14H2,1-2H3. The summed E-state index contributed by atoms with van der Waals surface area (Å²) in [5, 5.41) is 1.29. The second kappa shape index (κ2) is 7.71. The minimum atomic E-state index is 0.677. The van der Waals surface area contributed by atoms with E-state index < -0.39 is 0 Å². The highest BCUT2D eigenvalue weighted by molar-refractivity contribution is 7.99. The monoisotopic (exact) mass is 324 g/mol. The Kier molecular flexibility index (Phi) is 5.42. The van der Waals surface area contributed by atoms with Gasteiger partial charge in [-0.2, -0.15) is 0 Å². The van der Waals surface area contributed by atoms with Crippen LogP contribution < -0.4 is 0 Å². The van der Waals surface area contributed by atoms with Crippen LogP contribution in [0.1, 0.15) is 24.6 Å². The van der Waals surface area contributed by atoms with E-state index in [0.717, 1.165) is 12.8 Å². The van der Waals surface area contributed by atoms with Crippen molar-refractivity contribution in [2.24, 2.45) is 0 Å². The van der Waals surface area contributed by atoms with Crippen molar-refractivity contribution in [3.05, 3.63) is 71.8 Å². The largest absolute Gasteiger partial charge is 0.374 e. The smallest absolute Gasteiger partial charge is 0.0963 e. The first-order valence-electron chi connectivity index (χ1n) is 7.94. The molecule has 0 amide bonds. The zero-order chi connectivity index (χ0) is 16.1. The molecule has 0 saturated carbocycles. The zero-order valence-electron chi connectivity index (χ0n) is 13.6. The number of benzene rings is 2. The van der Waals surface area contributed by atoms with E-state index in [1.54, 1.807) is 18.9 Å². The molecular formula is C20H22NOS. The molecular weight excluding hydrogens is 302 g/mol. The molecule has 0 aliphatic rings. The van der Waals surface area contributed by atoms with Crippen LogP contribution in [0.3, 0.4) is 0 Å². The molecule has 0 fully saturated rings. The van der Waals surface area contributed by atoms with Crippen LogP contribution in [0, 0.1) is 5.92 Å². The maximum absolute atomic E-state index is 5.19. The van der Waals surface area contributed by atoms with Gasteiger partial charge in [0.1, 0.15) is 0 Å². The van der Waals surface area contributed by atoms with Crippen LogP contribution in [0.15, 0.2) is 59.5 Å². The van der Waals surface area contributed by atoms with Gasteiger partial charge in [0.05, 0.1) is 5.94 Å². The van der Waals surface area contributed by atoms with E-state index in [0.29, 0.717) is 5.94 Å². The zero-order valence-corrected chi connectivity index (χ0v) is 14.5. The lowest BCUT2D eigenvalue weighted by atomic mass is 9.92. The highest BCUT2D eigenvalue weighted by Gasteiger charge is 2.13. The van der Waals surface area contributed by atoms with Crippen molar-refractivity contribution in [1.82, 2.24) is 4.98 Å². The summed E-state index contributed by atoms with van der Waals surface area (Å²) >= 11 is 1.74. The van der Waals surface area contributed by atoms with Crippen LogP contribution in [0.5, 0.6) is 0 Å². The van der Waals surface area contributed by atoms with Crippen LogP contribution in [-0.2, 0) is 11.2 Å². The topological polar surface area (TPSA) is 25.0 Å². The molecule has 23 heavy (non-hydrogen) atoms. The minimum Gasteiger partial charge on any atom is -0.374 e. The van der Waals surface area contributed by atoms with Crippen LogP contribution in [-0.4, -0.2) is 18.0 Å². The third-order valence-corrected chi connectivity index (χ3v) is 5.05. The molecule has 0 aliphatic carbocycles. The lowest BCUT2D eigenvalue weighted by Gasteiger charge is -2.13. The normalized spacial score (nSPS) is 11.4. The number of hydrogen-bond acceptors (Lipinski definition) is 2. The van der Waals surface area contributed by atoms with E-state index in [1.165, 1.54) is 33.0 Å². The molecule has 0 bridgehead atoms. The molecule has 2 aromatic carbocycles. The maximum Gasteiger partial charge on any atom is 0.0963 e. The molecule has 0 aliphatic heterocycles. The molecule has 0 unspecified atom stereocenters. The van der Waals surface area contributed by atoms with Crippen LogP contribution >= 0.6 is 11.8 Å². The van der Waals surface area contributed by atoms with Gasteiger partial charge in [-0.05, 0) is 36.6 Å². The van der Waals surface area contributed by atoms with Crippen LogP contribution in [0.4, 0.5) is 0 Å². The van der Waals surface area contributed by atoms with Gasteiger partial charge in [-0.25, -0.2) is 0 Å². The molecule has 119 valence electrons. The highest BCUT2D eigenvalue weighted by Crippen LogP contribution is 2.30. The highest BCUT2D eigenvalue weighted by atomic mass is 32.2. The van der Waals surface area contributed by atoms with Gasteiger partial charge in [0.25, 0.3) is 0 Å². The van der Waals surface area contributed by atoms with E-state index in [1.807, 2.05) is 0 Å². The minimum absolute atomic E-state index is 0.677. The molecule has 1 heterocycles. The molecule has 2 nitrogen and oxygen atoms in total. The summed E-state index contributed by atoms with van der Waals surface area (Å²) in [6.07, 6.45) is 2.02. The van der Waals surface area contributed by atoms with Gasteiger partial charge in [0.15, 0.2) is 0 Å². The predicted molar refractivity (Wildman–Crippen MR) is 98.8 cm³/mol. The lowest BCUT2D eigenvalue weighted by molar-refractivity contribution is 0.259. The number of H-pyrrole nitrogens is 1. The second-order valence-electron chi connectivity index (χ2n) is 5.56. The Morgan fingerprint density at radius 3 is 2.65 bits per heavy atom. The Morgan fingerprint density at radius 1 is 1.09 bits per heavy atom.